The third-order valence-electron chi connectivity index (χ3n) is 4.22. The molecule has 1 aromatic rings. The first kappa shape index (κ1) is 12.7. The van der Waals surface area contributed by atoms with Gasteiger partial charge in [-0.1, -0.05) is 30.3 Å². The molecule has 0 aromatic heterocycles. The molecule has 2 unspecified atom stereocenters. The average molecular weight is 258 g/mol. The van der Waals surface area contributed by atoms with Crippen molar-refractivity contribution in [3.8, 4) is 0 Å². The molecular formula is C16H22N2O. The van der Waals surface area contributed by atoms with Crippen molar-refractivity contribution in [3.05, 3.63) is 35.9 Å². The van der Waals surface area contributed by atoms with E-state index >= 15 is 0 Å². The van der Waals surface area contributed by atoms with Crippen LogP contribution in [0, 0.1) is 11.8 Å². The fourth-order valence-electron chi connectivity index (χ4n) is 2.70. The van der Waals surface area contributed by atoms with Gasteiger partial charge in [0.1, 0.15) is 0 Å². The molecular weight excluding hydrogens is 236 g/mol. The molecule has 2 atom stereocenters. The van der Waals surface area contributed by atoms with E-state index < -0.39 is 0 Å². The average Bonchev–Trinajstić information content (AvgIpc) is 3.30. The number of nitrogens with two attached hydrogens (primary N) is 1. The number of nitrogens with one attached hydrogen (secondary N) is 1. The molecule has 0 spiro atoms. The van der Waals surface area contributed by atoms with Crippen molar-refractivity contribution in [2.75, 3.05) is 0 Å². The van der Waals surface area contributed by atoms with Crippen LogP contribution in [0.5, 0.6) is 0 Å². The molecule has 2 aliphatic rings. The Kier molecular flexibility index (Phi) is 3.56. The van der Waals surface area contributed by atoms with Crippen LogP contribution in [0.15, 0.2) is 30.3 Å². The van der Waals surface area contributed by atoms with E-state index in [2.05, 4.69) is 17.4 Å². The van der Waals surface area contributed by atoms with Crippen molar-refractivity contribution in [1.82, 2.24) is 5.32 Å². The smallest absolute Gasteiger partial charge is 0.222 e. The minimum Gasteiger partial charge on any atom is -0.349 e. The summed E-state index contributed by atoms with van der Waals surface area (Å²) in [5.74, 6) is 1.31. The minimum atomic E-state index is 0.0515. The molecule has 3 heteroatoms. The first-order valence-corrected chi connectivity index (χ1v) is 7.34. The summed E-state index contributed by atoms with van der Waals surface area (Å²) >= 11 is 0. The molecule has 2 aliphatic carbocycles. The van der Waals surface area contributed by atoms with Gasteiger partial charge < -0.3 is 11.1 Å². The predicted octanol–water partition coefficient (Wildman–Crippen LogP) is 2.38. The van der Waals surface area contributed by atoms with E-state index in [1.165, 1.54) is 31.2 Å². The number of hydrogen-bond acceptors (Lipinski definition) is 2. The van der Waals surface area contributed by atoms with Crippen LogP contribution in [0.4, 0.5) is 0 Å². The third-order valence-corrected chi connectivity index (χ3v) is 4.22. The summed E-state index contributed by atoms with van der Waals surface area (Å²) in [5, 5.41) is 3.19. The second-order valence-corrected chi connectivity index (χ2v) is 6.00. The van der Waals surface area contributed by atoms with Gasteiger partial charge in [-0.15, -0.1) is 0 Å². The molecule has 1 amide bonds. The van der Waals surface area contributed by atoms with E-state index in [-0.39, 0.29) is 18.0 Å². The van der Waals surface area contributed by atoms with Crippen LogP contribution < -0.4 is 11.1 Å². The highest BCUT2D eigenvalue weighted by atomic mass is 16.1. The number of carbonyl (C=O) groups is 1. The molecule has 0 aliphatic heterocycles. The monoisotopic (exact) mass is 258 g/mol. The van der Waals surface area contributed by atoms with Crippen LogP contribution in [-0.4, -0.2) is 11.9 Å². The van der Waals surface area contributed by atoms with Gasteiger partial charge in [0.2, 0.25) is 5.91 Å². The van der Waals surface area contributed by atoms with Gasteiger partial charge in [0, 0.05) is 12.5 Å². The molecule has 3 nitrogen and oxygen atoms in total. The van der Waals surface area contributed by atoms with E-state index in [4.69, 9.17) is 5.73 Å². The van der Waals surface area contributed by atoms with E-state index in [0.29, 0.717) is 18.3 Å². The molecule has 2 fully saturated rings. The highest BCUT2D eigenvalue weighted by Crippen LogP contribution is 2.41. The topological polar surface area (TPSA) is 55.1 Å². The van der Waals surface area contributed by atoms with Crippen molar-refractivity contribution in [3.63, 3.8) is 0 Å². The minimum absolute atomic E-state index is 0.0515. The normalized spacial score (nSPS) is 21.7. The van der Waals surface area contributed by atoms with Crippen molar-refractivity contribution in [1.29, 1.82) is 0 Å². The summed E-state index contributed by atoms with van der Waals surface area (Å²) in [6, 6.07) is 10.5. The predicted molar refractivity (Wildman–Crippen MR) is 75.4 cm³/mol. The number of hydrogen-bond donors (Lipinski definition) is 2. The first-order chi connectivity index (χ1) is 9.24. The number of benzene rings is 1. The lowest BCUT2D eigenvalue weighted by Gasteiger charge is -2.20. The third kappa shape index (κ3) is 3.35. The van der Waals surface area contributed by atoms with Crippen LogP contribution in [0.2, 0.25) is 0 Å². The Morgan fingerprint density at radius 2 is 1.79 bits per heavy atom. The van der Waals surface area contributed by atoms with Crippen molar-refractivity contribution >= 4 is 5.91 Å². The number of carbonyl (C=O) groups excluding carboxylic acids is 1. The second kappa shape index (κ2) is 5.33. The Balaban J connectivity index is 1.60. The molecule has 3 N–H and O–H groups in total. The van der Waals surface area contributed by atoms with Gasteiger partial charge in [-0.2, -0.15) is 0 Å². The molecule has 102 valence electrons. The zero-order chi connectivity index (χ0) is 13.2. The van der Waals surface area contributed by atoms with E-state index in [1.54, 1.807) is 0 Å². The highest BCUT2D eigenvalue weighted by molar-refractivity contribution is 5.77. The van der Waals surface area contributed by atoms with Crippen molar-refractivity contribution in [2.45, 2.75) is 44.2 Å². The number of amides is 1. The molecule has 2 saturated carbocycles. The lowest BCUT2D eigenvalue weighted by atomic mass is 10.0. The molecule has 0 bridgehead atoms. The maximum absolute atomic E-state index is 12.1. The zero-order valence-electron chi connectivity index (χ0n) is 11.2. The van der Waals surface area contributed by atoms with Gasteiger partial charge >= 0.3 is 0 Å². The summed E-state index contributed by atoms with van der Waals surface area (Å²) < 4.78 is 0. The van der Waals surface area contributed by atoms with Crippen LogP contribution in [0.1, 0.15) is 43.7 Å². The van der Waals surface area contributed by atoms with Crippen LogP contribution in [0.25, 0.3) is 0 Å². The zero-order valence-corrected chi connectivity index (χ0v) is 11.2. The molecule has 19 heavy (non-hydrogen) atoms. The molecule has 3 rings (SSSR count). The largest absolute Gasteiger partial charge is 0.349 e. The van der Waals surface area contributed by atoms with Crippen LogP contribution in [0.3, 0.4) is 0 Å². The van der Waals surface area contributed by atoms with Gasteiger partial charge in [-0.3, -0.25) is 4.79 Å². The summed E-state index contributed by atoms with van der Waals surface area (Å²) in [4.78, 5) is 12.1. The van der Waals surface area contributed by atoms with Crippen LogP contribution >= 0.6 is 0 Å². The molecule has 0 saturated heterocycles. The van der Waals surface area contributed by atoms with Crippen molar-refractivity contribution in [2.24, 2.45) is 17.6 Å². The Morgan fingerprint density at radius 3 is 2.37 bits per heavy atom. The van der Waals surface area contributed by atoms with E-state index in [0.717, 1.165) is 0 Å². The van der Waals surface area contributed by atoms with Gasteiger partial charge in [-0.05, 0) is 43.1 Å². The Bertz CT molecular complexity index is 437. The lowest BCUT2D eigenvalue weighted by molar-refractivity contribution is -0.122. The standard InChI is InChI=1S/C16H22N2O/c17-14(11-6-7-11)10-15(19)18-16(13-8-9-13)12-4-2-1-3-5-12/h1-5,11,13-14,16H,6-10,17H2,(H,18,19). The van der Waals surface area contributed by atoms with Gasteiger partial charge in [0.25, 0.3) is 0 Å². The SMILES string of the molecule is NC(CC(=O)NC(c1ccccc1)C1CC1)C1CC1. The van der Waals surface area contributed by atoms with Crippen molar-refractivity contribution < 1.29 is 4.79 Å². The van der Waals surface area contributed by atoms with Gasteiger partial charge in [-0.25, -0.2) is 0 Å². The Hall–Kier alpha value is -1.35. The first-order valence-electron chi connectivity index (χ1n) is 7.34. The maximum Gasteiger partial charge on any atom is 0.222 e. The second-order valence-electron chi connectivity index (χ2n) is 6.00. The summed E-state index contributed by atoms with van der Waals surface area (Å²) in [5.41, 5.74) is 7.25. The lowest BCUT2D eigenvalue weighted by Crippen LogP contribution is -2.35. The van der Waals surface area contributed by atoms with Crippen LogP contribution in [-0.2, 0) is 4.79 Å². The molecule has 0 heterocycles. The Morgan fingerprint density at radius 1 is 1.16 bits per heavy atom. The molecule has 0 radical (unpaired) electrons. The highest BCUT2D eigenvalue weighted by Gasteiger charge is 2.35. The summed E-state index contributed by atoms with van der Waals surface area (Å²) in [6.07, 6.45) is 5.29. The number of rotatable bonds is 6. The summed E-state index contributed by atoms with van der Waals surface area (Å²) in [6.45, 7) is 0. The van der Waals surface area contributed by atoms with E-state index in [1.807, 2.05) is 18.2 Å². The molecule has 1 aromatic carbocycles. The fourth-order valence-corrected chi connectivity index (χ4v) is 2.70. The fraction of sp³-hybridized carbons (Fsp3) is 0.562. The quantitative estimate of drug-likeness (QED) is 0.823. The van der Waals surface area contributed by atoms with Gasteiger partial charge in [0.15, 0.2) is 0 Å². The maximum atomic E-state index is 12.1. The Labute approximate surface area is 114 Å². The van der Waals surface area contributed by atoms with E-state index in [9.17, 15) is 4.79 Å². The van der Waals surface area contributed by atoms with Gasteiger partial charge in [0.05, 0.1) is 6.04 Å². The summed E-state index contributed by atoms with van der Waals surface area (Å²) in [7, 11) is 0.